The van der Waals surface area contributed by atoms with Gasteiger partial charge in [0.1, 0.15) is 0 Å². The highest BCUT2D eigenvalue weighted by atomic mass is 15.5. The third kappa shape index (κ3) is 3.03. The number of para-hydroxylation sites is 1. The van der Waals surface area contributed by atoms with Crippen LogP contribution >= 0.6 is 0 Å². The largest absolute Gasteiger partial charge is 0.257 e. The molecule has 0 N–H and O–H groups in total. The van der Waals surface area contributed by atoms with E-state index in [0.29, 0.717) is 0 Å². The molecule has 0 fully saturated rings. The van der Waals surface area contributed by atoms with E-state index in [2.05, 4.69) is 98.6 Å². The van der Waals surface area contributed by atoms with Crippen molar-refractivity contribution in [1.82, 2.24) is 0 Å². The Balaban J connectivity index is 1.79. The Kier molecular flexibility index (Phi) is 4.34. The molecular formula is C24H24N2. The molecule has 1 unspecified atom stereocenters. The minimum absolute atomic E-state index is 0.231. The van der Waals surface area contributed by atoms with Crippen molar-refractivity contribution in [2.75, 3.05) is 5.01 Å². The maximum Gasteiger partial charge on any atom is 0.0831 e. The Bertz CT molecular complexity index is 943. The SMILES string of the molecule is Cc1cc(C)c(C2=NN(c3ccccc3)C(c3ccccc3)C2)cc1C. The van der Waals surface area contributed by atoms with E-state index >= 15 is 0 Å². The zero-order valence-corrected chi connectivity index (χ0v) is 15.6. The first-order valence-corrected chi connectivity index (χ1v) is 9.18. The van der Waals surface area contributed by atoms with Crippen LogP contribution in [0.4, 0.5) is 5.69 Å². The van der Waals surface area contributed by atoms with Gasteiger partial charge < -0.3 is 0 Å². The number of rotatable bonds is 3. The molecule has 3 aromatic rings. The molecule has 130 valence electrons. The molecule has 1 aliphatic heterocycles. The van der Waals surface area contributed by atoms with Crippen LogP contribution in [0.5, 0.6) is 0 Å². The average molecular weight is 340 g/mol. The van der Waals surface area contributed by atoms with E-state index in [1.807, 2.05) is 0 Å². The van der Waals surface area contributed by atoms with Crippen molar-refractivity contribution in [1.29, 1.82) is 0 Å². The maximum absolute atomic E-state index is 5.07. The normalized spacial score (nSPS) is 16.7. The van der Waals surface area contributed by atoms with Crippen molar-refractivity contribution in [3.8, 4) is 0 Å². The standard InChI is InChI=1S/C24H24N2/c1-17-14-19(3)22(15-18(17)2)23-16-24(20-10-6-4-7-11-20)26(25-23)21-12-8-5-9-13-21/h4-15,24H,16H2,1-3H3. The van der Waals surface area contributed by atoms with Gasteiger partial charge in [-0.15, -0.1) is 0 Å². The molecule has 26 heavy (non-hydrogen) atoms. The molecule has 0 saturated carbocycles. The number of aryl methyl sites for hydroxylation is 3. The summed E-state index contributed by atoms with van der Waals surface area (Å²) in [6.07, 6.45) is 0.919. The van der Waals surface area contributed by atoms with Gasteiger partial charge in [-0.25, -0.2) is 0 Å². The fraction of sp³-hybridized carbons (Fsp3) is 0.208. The maximum atomic E-state index is 5.07. The van der Waals surface area contributed by atoms with Gasteiger partial charge in [-0.1, -0.05) is 54.6 Å². The summed E-state index contributed by atoms with van der Waals surface area (Å²) in [4.78, 5) is 0. The van der Waals surface area contributed by atoms with Gasteiger partial charge in [-0.2, -0.15) is 5.10 Å². The molecule has 0 aliphatic carbocycles. The number of hydrogen-bond acceptors (Lipinski definition) is 2. The lowest BCUT2D eigenvalue weighted by atomic mass is 9.93. The second-order valence-corrected chi connectivity index (χ2v) is 7.11. The molecule has 0 radical (unpaired) electrons. The van der Waals surface area contributed by atoms with Crippen LogP contribution in [-0.4, -0.2) is 5.71 Å². The van der Waals surface area contributed by atoms with Crippen molar-refractivity contribution < 1.29 is 0 Å². The van der Waals surface area contributed by atoms with Crippen LogP contribution in [0, 0.1) is 20.8 Å². The average Bonchev–Trinajstić information content (AvgIpc) is 3.11. The first-order chi connectivity index (χ1) is 12.6. The van der Waals surface area contributed by atoms with Gasteiger partial charge >= 0.3 is 0 Å². The van der Waals surface area contributed by atoms with Gasteiger partial charge in [0.15, 0.2) is 0 Å². The third-order valence-electron chi connectivity index (χ3n) is 5.27. The second-order valence-electron chi connectivity index (χ2n) is 7.11. The van der Waals surface area contributed by atoms with Gasteiger partial charge in [-0.3, -0.25) is 5.01 Å². The topological polar surface area (TPSA) is 15.6 Å². The summed E-state index contributed by atoms with van der Waals surface area (Å²) in [6.45, 7) is 6.54. The Hall–Kier alpha value is -2.87. The van der Waals surface area contributed by atoms with Crippen LogP contribution in [0.25, 0.3) is 0 Å². The highest BCUT2D eigenvalue weighted by Gasteiger charge is 2.30. The monoisotopic (exact) mass is 340 g/mol. The molecule has 0 spiro atoms. The fourth-order valence-electron chi connectivity index (χ4n) is 3.70. The highest BCUT2D eigenvalue weighted by Crippen LogP contribution is 2.37. The predicted molar refractivity (Wildman–Crippen MR) is 110 cm³/mol. The van der Waals surface area contributed by atoms with Gasteiger partial charge in [0.2, 0.25) is 0 Å². The predicted octanol–water partition coefficient (Wildman–Crippen LogP) is 5.97. The van der Waals surface area contributed by atoms with E-state index in [4.69, 9.17) is 5.10 Å². The second kappa shape index (κ2) is 6.80. The van der Waals surface area contributed by atoms with E-state index in [9.17, 15) is 0 Å². The van der Waals surface area contributed by atoms with E-state index in [1.165, 1.54) is 33.5 Å². The van der Waals surface area contributed by atoms with Crippen molar-refractivity contribution in [3.05, 3.63) is 101 Å². The first kappa shape index (κ1) is 16.6. The van der Waals surface area contributed by atoms with Gasteiger partial charge in [0.05, 0.1) is 17.4 Å². The summed E-state index contributed by atoms with van der Waals surface area (Å²) in [6, 6.07) is 26.0. The third-order valence-corrected chi connectivity index (χ3v) is 5.27. The lowest BCUT2D eigenvalue weighted by Crippen LogP contribution is -2.18. The minimum atomic E-state index is 0.231. The summed E-state index contributed by atoms with van der Waals surface area (Å²) in [5, 5.41) is 7.25. The van der Waals surface area contributed by atoms with E-state index in [-0.39, 0.29) is 6.04 Å². The number of anilines is 1. The summed E-state index contributed by atoms with van der Waals surface area (Å²) >= 11 is 0. The fourth-order valence-corrected chi connectivity index (χ4v) is 3.70. The van der Waals surface area contributed by atoms with E-state index in [0.717, 1.165) is 12.1 Å². The smallest absolute Gasteiger partial charge is 0.0831 e. The Morgan fingerprint density at radius 3 is 2.08 bits per heavy atom. The van der Waals surface area contributed by atoms with Crippen LogP contribution in [0.15, 0.2) is 77.9 Å². The molecule has 0 aromatic heterocycles. The van der Waals surface area contributed by atoms with Gasteiger partial charge in [0.25, 0.3) is 0 Å². The molecule has 0 amide bonds. The van der Waals surface area contributed by atoms with Crippen LogP contribution in [-0.2, 0) is 0 Å². The number of hydrogen-bond donors (Lipinski definition) is 0. The summed E-state index contributed by atoms with van der Waals surface area (Å²) in [7, 11) is 0. The van der Waals surface area contributed by atoms with Crippen LogP contribution in [0.2, 0.25) is 0 Å². The molecule has 0 saturated heterocycles. The lowest BCUT2D eigenvalue weighted by molar-refractivity contribution is 0.709. The van der Waals surface area contributed by atoms with Crippen molar-refractivity contribution in [3.63, 3.8) is 0 Å². The molecule has 2 heteroatoms. The van der Waals surface area contributed by atoms with Crippen molar-refractivity contribution in [2.24, 2.45) is 5.10 Å². The quantitative estimate of drug-likeness (QED) is 0.574. The lowest BCUT2D eigenvalue weighted by Gasteiger charge is -2.23. The number of hydrazone groups is 1. The van der Waals surface area contributed by atoms with Gasteiger partial charge in [-0.05, 0) is 61.2 Å². The molecule has 1 aliphatic rings. The molecule has 2 nitrogen and oxygen atoms in total. The van der Waals surface area contributed by atoms with Crippen LogP contribution < -0.4 is 5.01 Å². The molecule has 1 atom stereocenters. The molecule has 0 bridgehead atoms. The Morgan fingerprint density at radius 1 is 0.769 bits per heavy atom. The molecule has 1 heterocycles. The zero-order chi connectivity index (χ0) is 18.1. The van der Waals surface area contributed by atoms with Gasteiger partial charge in [0, 0.05) is 12.0 Å². The molecule has 3 aromatic carbocycles. The first-order valence-electron chi connectivity index (χ1n) is 9.18. The summed E-state index contributed by atoms with van der Waals surface area (Å²) in [5.41, 5.74) is 8.84. The zero-order valence-electron chi connectivity index (χ0n) is 15.6. The summed E-state index contributed by atoms with van der Waals surface area (Å²) in [5.74, 6) is 0. The summed E-state index contributed by atoms with van der Waals surface area (Å²) < 4.78 is 0. The van der Waals surface area contributed by atoms with Crippen LogP contribution in [0.1, 0.15) is 40.3 Å². The highest BCUT2D eigenvalue weighted by molar-refractivity contribution is 6.04. The Labute approximate surface area is 155 Å². The minimum Gasteiger partial charge on any atom is -0.257 e. The number of nitrogens with zero attached hydrogens (tertiary/aromatic N) is 2. The molecular weight excluding hydrogens is 316 g/mol. The van der Waals surface area contributed by atoms with E-state index in [1.54, 1.807) is 0 Å². The Morgan fingerprint density at radius 2 is 1.38 bits per heavy atom. The van der Waals surface area contributed by atoms with Crippen molar-refractivity contribution in [2.45, 2.75) is 33.2 Å². The number of benzene rings is 3. The van der Waals surface area contributed by atoms with Crippen LogP contribution in [0.3, 0.4) is 0 Å². The molecule has 4 rings (SSSR count). The van der Waals surface area contributed by atoms with Crippen molar-refractivity contribution >= 4 is 11.4 Å². The van der Waals surface area contributed by atoms with E-state index < -0.39 is 0 Å².